The second-order valence-electron chi connectivity index (χ2n) is 4.21. The summed E-state index contributed by atoms with van der Waals surface area (Å²) in [6, 6.07) is 6.65. The lowest BCUT2D eigenvalue weighted by molar-refractivity contribution is 0.371. The number of hydrogen-bond acceptors (Lipinski definition) is 3. The van der Waals surface area contributed by atoms with E-state index in [1.807, 2.05) is 0 Å². The van der Waals surface area contributed by atoms with E-state index in [9.17, 15) is 5.11 Å². The van der Waals surface area contributed by atoms with E-state index in [0.29, 0.717) is 38.6 Å². The summed E-state index contributed by atoms with van der Waals surface area (Å²) in [6.45, 7) is 0.295. The average molecular weight is 412 g/mol. The number of methoxy groups -OCH3 is 1. The Kier molecular flexibility index (Phi) is 5.49. The Morgan fingerprint density at radius 3 is 2.33 bits per heavy atom. The minimum Gasteiger partial charge on any atom is -0.504 e. The van der Waals surface area contributed by atoms with E-state index >= 15 is 0 Å². The van der Waals surface area contributed by atoms with Gasteiger partial charge in [0.05, 0.1) is 22.8 Å². The fourth-order valence-electron chi connectivity index (χ4n) is 1.81. The molecule has 0 heterocycles. The van der Waals surface area contributed by atoms with Crippen LogP contribution in [-0.4, -0.2) is 12.2 Å². The summed E-state index contributed by atoms with van der Waals surface area (Å²) < 4.78 is 5.85. The minimum atomic E-state index is 0.0266. The Balaban J connectivity index is 2.27. The molecule has 0 unspecified atom stereocenters. The average Bonchev–Trinajstić information content (AvgIpc) is 2.40. The summed E-state index contributed by atoms with van der Waals surface area (Å²) in [7, 11) is 1.46. The van der Waals surface area contributed by atoms with Gasteiger partial charge in [-0.05, 0) is 18.2 Å². The maximum Gasteiger partial charge on any atom is 0.162 e. The van der Waals surface area contributed by atoms with Crippen LogP contribution < -0.4 is 10.1 Å². The largest absolute Gasteiger partial charge is 0.504 e. The van der Waals surface area contributed by atoms with Gasteiger partial charge in [-0.2, -0.15) is 0 Å². The smallest absolute Gasteiger partial charge is 0.162 e. The zero-order valence-corrected chi connectivity index (χ0v) is 14.7. The Morgan fingerprint density at radius 1 is 1.14 bits per heavy atom. The summed E-state index contributed by atoms with van der Waals surface area (Å²) >= 11 is 21.6. The van der Waals surface area contributed by atoms with Crippen molar-refractivity contribution in [2.24, 2.45) is 0 Å². The fourth-order valence-corrected chi connectivity index (χ4v) is 3.39. The lowest BCUT2D eigenvalue weighted by Gasteiger charge is -2.14. The zero-order valence-electron chi connectivity index (χ0n) is 10.9. The van der Waals surface area contributed by atoms with Crippen LogP contribution in [-0.2, 0) is 6.54 Å². The molecule has 3 nitrogen and oxygen atoms in total. The Bertz CT molecular complexity index is 657. The number of halogens is 4. The van der Waals surface area contributed by atoms with Gasteiger partial charge >= 0.3 is 0 Å². The lowest BCUT2D eigenvalue weighted by atomic mass is 10.1. The van der Waals surface area contributed by atoms with E-state index in [4.69, 9.17) is 39.5 Å². The molecule has 0 saturated carbocycles. The predicted octanol–water partition coefficient (Wildman–Crippen LogP) is 5.74. The normalized spacial score (nSPS) is 10.5. The van der Waals surface area contributed by atoms with Crippen molar-refractivity contribution in [2.75, 3.05) is 12.4 Å². The zero-order chi connectivity index (χ0) is 15.6. The van der Waals surface area contributed by atoms with Crippen molar-refractivity contribution < 1.29 is 9.84 Å². The highest BCUT2D eigenvalue weighted by Crippen LogP contribution is 2.37. The number of hydrogen-bond donors (Lipinski definition) is 2. The van der Waals surface area contributed by atoms with Gasteiger partial charge in [-0.15, -0.1) is 0 Å². The van der Waals surface area contributed by atoms with Gasteiger partial charge in [-0.25, -0.2) is 0 Å². The molecule has 2 aromatic carbocycles. The van der Waals surface area contributed by atoms with E-state index in [1.165, 1.54) is 7.11 Å². The van der Waals surface area contributed by atoms with Crippen molar-refractivity contribution in [1.29, 1.82) is 0 Å². The molecule has 2 rings (SSSR count). The first-order valence-electron chi connectivity index (χ1n) is 5.86. The number of ether oxygens (including phenoxy) is 1. The standard InChI is InChI=1S/C14H11BrCl3NO2/c1-21-12-5-9(16)2-7(14(12)20)6-19-13-10(17)3-8(15)4-11(13)18/h2-5,19-20H,6H2,1H3. The van der Waals surface area contributed by atoms with Crippen LogP contribution in [0.2, 0.25) is 15.1 Å². The Labute approximate surface area is 145 Å². The lowest BCUT2D eigenvalue weighted by Crippen LogP contribution is -2.02. The molecule has 0 bridgehead atoms. The quantitative estimate of drug-likeness (QED) is 0.675. The van der Waals surface area contributed by atoms with Crippen molar-refractivity contribution in [1.82, 2.24) is 0 Å². The van der Waals surface area contributed by atoms with E-state index < -0.39 is 0 Å². The molecule has 0 spiro atoms. The molecule has 0 aliphatic carbocycles. The van der Waals surface area contributed by atoms with Crippen LogP contribution in [0.15, 0.2) is 28.7 Å². The number of phenols is 1. The van der Waals surface area contributed by atoms with Crippen LogP contribution in [0.5, 0.6) is 11.5 Å². The molecule has 0 aliphatic rings. The third-order valence-corrected chi connectivity index (χ3v) is 4.07. The summed E-state index contributed by atoms with van der Waals surface area (Å²) in [5.41, 5.74) is 1.16. The van der Waals surface area contributed by atoms with E-state index in [2.05, 4.69) is 21.2 Å². The van der Waals surface area contributed by atoms with Crippen molar-refractivity contribution in [3.05, 3.63) is 49.4 Å². The van der Waals surface area contributed by atoms with Gasteiger partial charge in [0.25, 0.3) is 0 Å². The summed E-state index contributed by atoms with van der Waals surface area (Å²) in [6.07, 6.45) is 0. The molecule has 0 saturated heterocycles. The predicted molar refractivity (Wildman–Crippen MR) is 91.2 cm³/mol. The number of rotatable bonds is 4. The molecule has 7 heteroatoms. The second kappa shape index (κ2) is 6.97. The Hall–Kier alpha value is -0.810. The number of nitrogens with one attached hydrogen (secondary N) is 1. The van der Waals surface area contributed by atoms with Gasteiger partial charge in [0, 0.05) is 27.7 Å². The van der Waals surface area contributed by atoms with Gasteiger partial charge < -0.3 is 15.2 Å². The number of aromatic hydroxyl groups is 1. The van der Waals surface area contributed by atoms with E-state index in [-0.39, 0.29) is 5.75 Å². The summed E-state index contributed by atoms with van der Waals surface area (Å²) in [5, 5.41) is 14.6. The molecule has 0 amide bonds. The van der Waals surface area contributed by atoms with Gasteiger partial charge in [0.15, 0.2) is 11.5 Å². The van der Waals surface area contributed by atoms with Crippen LogP contribution in [0.4, 0.5) is 5.69 Å². The van der Waals surface area contributed by atoms with Crippen molar-refractivity contribution in [3.8, 4) is 11.5 Å². The number of phenolic OH excluding ortho intramolecular Hbond substituents is 1. The monoisotopic (exact) mass is 409 g/mol. The first-order chi connectivity index (χ1) is 9.92. The van der Waals surface area contributed by atoms with Crippen LogP contribution >= 0.6 is 50.7 Å². The molecular weight excluding hydrogens is 400 g/mol. The highest BCUT2D eigenvalue weighted by molar-refractivity contribution is 9.10. The third-order valence-electron chi connectivity index (χ3n) is 2.80. The molecule has 2 aromatic rings. The molecule has 0 aliphatic heterocycles. The van der Waals surface area contributed by atoms with Gasteiger partial charge in [0.2, 0.25) is 0 Å². The van der Waals surface area contributed by atoms with Crippen molar-refractivity contribution in [3.63, 3.8) is 0 Å². The maximum absolute atomic E-state index is 10.1. The van der Waals surface area contributed by atoms with E-state index in [1.54, 1.807) is 24.3 Å². The maximum atomic E-state index is 10.1. The first kappa shape index (κ1) is 16.6. The summed E-state index contributed by atoms with van der Waals surface area (Å²) in [5.74, 6) is 0.339. The molecule has 0 aromatic heterocycles. The molecule has 21 heavy (non-hydrogen) atoms. The van der Waals surface area contributed by atoms with Crippen LogP contribution in [0.25, 0.3) is 0 Å². The molecule has 0 radical (unpaired) electrons. The number of benzene rings is 2. The topological polar surface area (TPSA) is 41.5 Å². The van der Waals surface area contributed by atoms with Crippen LogP contribution in [0.1, 0.15) is 5.56 Å². The molecular formula is C14H11BrCl3NO2. The van der Waals surface area contributed by atoms with Crippen LogP contribution in [0.3, 0.4) is 0 Å². The molecule has 2 N–H and O–H groups in total. The van der Waals surface area contributed by atoms with Gasteiger partial charge in [0.1, 0.15) is 0 Å². The highest BCUT2D eigenvalue weighted by Gasteiger charge is 2.12. The SMILES string of the molecule is COc1cc(Cl)cc(CNc2c(Cl)cc(Br)cc2Cl)c1O. The molecule has 0 fully saturated rings. The van der Waals surface area contributed by atoms with Crippen molar-refractivity contribution >= 4 is 56.4 Å². The van der Waals surface area contributed by atoms with Crippen LogP contribution in [0, 0.1) is 0 Å². The first-order valence-corrected chi connectivity index (χ1v) is 7.79. The molecule has 0 atom stereocenters. The molecule has 112 valence electrons. The summed E-state index contributed by atoms with van der Waals surface area (Å²) in [4.78, 5) is 0. The fraction of sp³-hybridized carbons (Fsp3) is 0.143. The van der Waals surface area contributed by atoms with Gasteiger partial charge in [-0.1, -0.05) is 50.7 Å². The minimum absolute atomic E-state index is 0.0266. The van der Waals surface area contributed by atoms with Crippen molar-refractivity contribution in [2.45, 2.75) is 6.54 Å². The highest BCUT2D eigenvalue weighted by atomic mass is 79.9. The van der Waals surface area contributed by atoms with Gasteiger partial charge in [-0.3, -0.25) is 0 Å². The number of anilines is 1. The second-order valence-corrected chi connectivity index (χ2v) is 6.38. The Morgan fingerprint density at radius 2 is 1.76 bits per heavy atom. The third kappa shape index (κ3) is 3.89. The van der Waals surface area contributed by atoms with E-state index in [0.717, 1.165) is 4.47 Å².